The maximum Gasteiger partial charge on any atom is 0.313 e. The van der Waals surface area contributed by atoms with Crippen LogP contribution in [-0.4, -0.2) is 22.2 Å². The molecule has 0 aromatic heterocycles. The van der Waals surface area contributed by atoms with Gasteiger partial charge in [-0.25, -0.2) is 0 Å². The maximum atomic E-state index is 11.0. The molecule has 1 fully saturated rings. The summed E-state index contributed by atoms with van der Waals surface area (Å²) >= 11 is 9.02. The standard InChI is InChI=1S/C12H13BrClNO4/c13-8-5-7(14)6-9(15(17)18)12(8)19-11-4-2-1-3-10(11)16/h5-6,10-11,16H,1-4H2. The molecule has 0 amide bonds. The van der Waals surface area contributed by atoms with Crippen molar-refractivity contribution in [3.05, 3.63) is 31.7 Å². The van der Waals surface area contributed by atoms with Gasteiger partial charge in [0.15, 0.2) is 0 Å². The van der Waals surface area contributed by atoms with Crippen molar-refractivity contribution in [1.29, 1.82) is 0 Å². The van der Waals surface area contributed by atoms with Crippen molar-refractivity contribution in [3.8, 4) is 5.75 Å². The molecule has 0 spiro atoms. The first kappa shape index (κ1) is 14.6. The van der Waals surface area contributed by atoms with Crippen LogP contribution in [0.5, 0.6) is 5.75 Å². The summed E-state index contributed by atoms with van der Waals surface area (Å²) in [5, 5.41) is 21.2. The third-order valence-corrected chi connectivity index (χ3v) is 3.93. The quantitative estimate of drug-likeness (QED) is 0.666. The van der Waals surface area contributed by atoms with Gasteiger partial charge in [0.05, 0.1) is 15.5 Å². The van der Waals surface area contributed by atoms with Crippen LogP contribution in [0.3, 0.4) is 0 Å². The predicted octanol–water partition coefficient (Wildman–Crippen LogP) is 3.69. The number of halogens is 2. The Morgan fingerprint density at radius 2 is 2.11 bits per heavy atom. The second kappa shape index (κ2) is 6.07. The molecule has 1 aliphatic carbocycles. The summed E-state index contributed by atoms with van der Waals surface area (Å²) in [6, 6.07) is 2.79. The van der Waals surface area contributed by atoms with Crippen LogP contribution in [0.15, 0.2) is 16.6 Å². The lowest BCUT2D eigenvalue weighted by molar-refractivity contribution is -0.386. The van der Waals surface area contributed by atoms with E-state index in [4.69, 9.17) is 16.3 Å². The summed E-state index contributed by atoms with van der Waals surface area (Å²) in [7, 11) is 0. The predicted molar refractivity (Wildman–Crippen MR) is 74.7 cm³/mol. The zero-order chi connectivity index (χ0) is 14.0. The number of hydrogen-bond acceptors (Lipinski definition) is 4. The number of nitrogens with zero attached hydrogens (tertiary/aromatic N) is 1. The van der Waals surface area contributed by atoms with Crippen molar-refractivity contribution in [3.63, 3.8) is 0 Å². The van der Waals surface area contributed by atoms with Crippen molar-refractivity contribution >= 4 is 33.2 Å². The molecular weight excluding hydrogens is 337 g/mol. The highest BCUT2D eigenvalue weighted by Crippen LogP contribution is 2.39. The molecule has 2 rings (SSSR count). The maximum absolute atomic E-state index is 11.0. The number of ether oxygens (including phenoxy) is 1. The Labute approximate surface area is 123 Å². The molecule has 2 unspecified atom stereocenters. The van der Waals surface area contributed by atoms with Gasteiger partial charge in [-0.1, -0.05) is 18.0 Å². The summed E-state index contributed by atoms with van der Waals surface area (Å²) in [4.78, 5) is 10.5. The van der Waals surface area contributed by atoms with Gasteiger partial charge in [0.1, 0.15) is 6.10 Å². The highest BCUT2D eigenvalue weighted by Gasteiger charge is 2.29. The van der Waals surface area contributed by atoms with Crippen LogP contribution in [0.4, 0.5) is 5.69 Å². The molecule has 1 aromatic rings. The first-order chi connectivity index (χ1) is 8.99. The van der Waals surface area contributed by atoms with Crippen molar-refractivity contribution < 1.29 is 14.8 Å². The molecule has 1 aromatic carbocycles. The van der Waals surface area contributed by atoms with Gasteiger partial charge in [-0.05, 0) is 41.3 Å². The van der Waals surface area contributed by atoms with Crippen molar-refractivity contribution in [2.45, 2.75) is 37.9 Å². The number of aliphatic hydroxyl groups excluding tert-OH is 1. The molecule has 104 valence electrons. The Kier molecular flexibility index (Phi) is 4.65. The first-order valence-corrected chi connectivity index (χ1v) is 7.14. The highest BCUT2D eigenvalue weighted by atomic mass is 79.9. The van der Waals surface area contributed by atoms with Crippen LogP contribution in [0.2, 0.25) is 5.02 Å². The minimum absolute atomic E-state index is 0.125. The van der Waals surface area contributed by atoms with Gasteiger partial charge < -0.3 is 9.84 Å². The van der Waals surface area contributed by atoms with Crippen LogP contribution >= 0.6 is 27.5 Å². The number of aliphatic hydroxyl groups is 1. The smallest absolute Gasteiger partial charge is 0.313 e. The monoisotopic (exact) mass is 349 g/mol. The summed E-state index contributed by atoms with van der Waals surface area (Å²) < 4.78 is 6.07. The number of nitro benzene ring substituents is 1. The van der Waals surface area contributed by atoms with Gasteiger partial charge in [-0.15, -0.1) is 0 Å². The fraction of sp³-hybridized carbons (Fsp3) is 0.500. The molecule has 0 radical (unpaired) electrons. The second-order valence-corrected chi connectivity index (χ2v) is 5.79. The lowest BCUT2D eigenvalue weighted by atomic mass is 9.95. The molecule has 0 heterocycles. The van der Waals surface area contributed by atoms with Crippen LogP contribution < -0.4 is 4.74 Å². The van der Waals surface area contributed by atoms with Gasteiger partial charge in [-0.3, -0.25) is 10.1 Å². The van der Waals surface area contributed by atoms with Crippen molar-refractivity contribution in [2.24, 2.45) is 0 Å². The molecule has 0 aliphatic heterocycles. The molecule has 5 nitrogen and oxygen atoms in total. The summed E-state index contributed by atoms with van der Waals surface area (Å²) in [6.45, 7) is 0. The Morgan fingerprint density at radius 1 is 1.42 bits per heavy atom. The minimum Gasteiger partial charge on any atom is -0.480 e. The molecule has 19 heavy (non-hydrogen) atoms. The number of nitro groups is 1. The molecular formula is C12H13BrClNO4. The van der Waals surface area contributed by atoms with Crippen LogP contribution in [0.25, 0.3) is 0 Å². The third-order valence-electron chi connectivity index (χ3n) is 3.12. The van der Waals surface area contributed by atoms with Crippen molar-refractivity contribution in [1.82, 2.24) is 0 Å². The van der Waals surface area contributed by atoms with Gasteiger partial charge >= 0.3 is 5.69 Å². The lowest BCUT2D eigenvalue weighted by Gasteiger charge is -2.28. The zero-order valence-electron chi connectivity index (χ0n) is 10.0. The van der Waals surface area contributed by atoms with Crippen LogP contribution in [-0.2, 0) is 0 Å². The average Bonchev–Trinajstić information content (AvgIpc) is 2.34. The molecule has 1 saturated carbocycles. The molecule has 7 heteroatoms. The van der Waals surface area contributed by atoms with Crippen molar-refractivity contribution in [2.75, 3.05) is 0 Å². The van der Waals surface area contributed by atoms with Crippen LogP contribution in [0.1, 0.15) is 25.7 Å². The van der Waals surface area contributed by atoms with E-state index in [0.29, 0.717) is 17.3 Å². The minimum atomic E-state index is -0.587. The largest absolute Gasteiger partial charge is 0.480 e. The van der Waals surface area contributed by atoms with E-state index in [0.717, 1.165) is 12.8 Å². The zero-order valence-corrected chi connectivity index (χ0v) is 12.4. The molecule has 2 atom stereocenters. The summed E-state index contributed by atoms with van der Waals surface area (Å²) in [5.41, 5.74) is -0.197. The van der Waals surface area contributed by atoms with E-state index in [1.165, 1.54) is 6.07 Å². The molecule has 0 saturated heterocycles. The van der Waals surface area contributed by atoms with E-state index < -0.39 is 17.1 Å². The highest BCUT2D eigenvalue weighted by molar-refractivity contribution is 9.10. The van der Waals surface area contributed by atoms with Gasteiger partial charge in [0, 0.05) is 11.1 Å². The summed E-state index contributed by atoms with van der Waals surface area (Å²) in [5.74, 6) is 0.125. The SMILES string of the molecule is O=[N+]([O-])c1cc(Cl)cc(Br)c1OC1CCCCC1O. The van der Waals surface area contributed by atoms with Gasteiger partial charge in [-0.2, -0.15) is 0 Å². The Bertz CT molecular complexity index is 497. The number of hydrogen-bond donors (Lipinski definition) is 1. The lowest BCUT2D eigenvalue weighted by Crippen LogP contribution is -2.34. The fourth-order valence-corrected chi connectivity index (χ4v) is 3.05. The Balaban J connectivity index is 2.30. The Hall–Kier alpha value is -0.850. The van der Waals surface area contributed by atoms with Gasteiger partial charge in [0.2, 0.25) is 5.75 Å². The van der Waals surface area contributed by atoms with E-state index in [1.54, 1.807) is 6.07 Å². The topological polar surface area (TPSA) is 72.6 Å². The van der Waals surface area contributed by atoms with E-state index in [1.807, 2.05) is 0 Å². The van der Waals surface area contributed by atoms with Crippen LogP contribution in [0, 0.1) is 10.1 Å². The summed E-state index contributed by atoms with van der Waals surface area (Å²) in [6.07, 6.45) is 2.24. The first-order valence-electron chi connectivity index (χ1n) is 5.97. The normalized spacial score (nSPS) is 23.1. The third kappa shape index (κ3) is 3.38. The number of benzene rings is 1. The van der Waals surface area contributed by atoms with E-state index in [-0.39, 0.29) is 16.5 Å². The fourth-order valence-electron chi connectivity index (χ4n) is 2.17. The molecule has 0 bridgehead atoms. The Morgan fingerprint density at radius 3 is 2.74 bits per heavy atom. The number of rotatable bonds is 3. The van der Waals surface area contributed by atoms with Gasteiger partial charge in [0.25, 0.3) is 0 Å². The van der Waals surface area contributed by atoms with E-state index in [2.05, 4.69) is 15.9 Å². The molecule has 1 aliphatic rings. The van der Waals surface area contributed by atoms with E-state index in [9.17, 15) is 15.2 Å². The molecule has 1 N–H and O–H groups in total. The van der Waals surface area contributed by atoms with E-state index >= 15 is 0 Å². The second-order valence-electron chi connectivity index (χ2n) is 4.50. The average molecular weight is 351 g/mol.